The molecule has 0 aliphatic carbocycles. The highest BCUT2D eigenvalue weighted by Gasteiger charge is 2.24. The summed E-state index contributed by atoms with van der Waals surface area (Å²) in [7, 11) is 0. The molecule has 2 aliphatic rings. The van der Waals surface area contributed by atoms with Gasteiger partial charge >= 0.3 is 0 Å². The van der Waals surface area contributed by atoms with E-state index in [1.54, 1.807) is 6.92 Å². The molecule has 1 unspecified atom stereocenters. The molecule has 0 spiro atoms. The van der Waals surface area contributed by atoms with E-state index in [0.29, 0.717) is 6.04 Å². The second-order valence-corrected chi connectivity index (χ2v) is 5.31. The molecular weight excluding hydrogens is 224 g/mol. The number of amides is 1. The second-order valence-electron chi connectivity index (χ2n) is 5.31. The van der Waals surface area contributed by atoms with Crippen LogP contribution >= 0.6 is 0 Å². The zero-order valence-electron chi connectivity index (χ0n) is 10.9. The minimum atomic E-state index is 0.155. The molecule has 3 rings (SSSR count). The lowest BCUT2D eigenvalue weighted by Crippen LogP contribution is -2.28. The molecule has 0 bridgehead atoms. The Labute approximate surface area is 108 Å². The molecular formula is C15H20N2O. The summed E-state index contributed by atoms with van der Waals surface area (Å²) in [5.74, 6) is 0.155. The van der Waals surface area contributed by atoms with Gasteiger partial charge < -0.3 is 10.2 Å². The lowest BCUT2D eigenvalue weighted by atomic mass is 9.96. The van der Waals surface area contributed by atoms with Crippen LogP contribution in [-0.4, -0.2) is 19.0 Å². The molecule has 96 valence electrons. The van der Waals surface area contributed by atoms with Gasteiger partial charge in [0.15, 0.2) is 0 Å². The van der Waals surface area contributed by atoms with E-state index in [4.69, 9.17) is 0 Å². The number of rotatable bonds is 1. The standard InChI is InChI=1S/C15H20N2O/c1-11(18)17-9-7-12-5-6-13(10-15(12)17)14-4-2-3-8-16-14/h5-6,10,14,16H,2-4,7-9H2,1H3. The molecule has 0 saturated carbocycles. The van der Waals surface area contributed by atoms with E-state index in [0.717, 1.165) is 25.2 Å². The van der Waals surface area contributed by atoms with Crippen molar-refractivity contribution in [3.8, 4) is 0 Å². The van der Waals surface area contributed by atoms with E-state index >= 15 is 0 Å². The van der Waals surface area contributed by atoms with E-state index in [9.17, 15) is 4.79 Å². The van der Waals surface area contributed by atoms with Gasteiger partial charge in [-0.3, -0.25) is 4.79 Å². The van der Waals surface area contributed by atoms with Gasteiger partial charge in [-0.2, -0.15) is 0 Å². The average Bonchev–Trinajstić information content (AvgIpc) is 2.82. The van der Waals surface area contributed by atoms with Crippen LogP contribution in [0, 0.1) is 0 Å². The average molecular weight is 244 g/mol. The Bertz CT molecular complexity index is 464. The fraction of sp³-hybridized carbons (Fsp3) is 0.533. The molecule has 2 aliphatic heterocycles. The largest absolute Gasteiger partial charge is 0.312 e. The number of hydrogen-bond donors (Lipinski definition) is 1. The highest BCUT2D eigenvalue weighted by molar-refractivity contribution is 5.93. The Kier molecular flexibility index (Phi) is 3.08. The van der Waals surface area contributed by atoms with Crippen molar-refractivity contribution in [1.29, 1.82) is 0 Å². The minimum absolute atomic E-state index is 0.155. The Morgan fingerprint density at radius 1 is 1.39 bits per heavy atom. The Morgan fingerprint density at radius 3 is 3.00 bits per heavy atom. The van der Waals surface area contributed by atoms with Crippen LogP contribution in [0.3, 0.4) is 0 Å². The number of fused-ring (bicyclic) bond motifs is 1. The van der Waals surface area contributed by atoms with Crippen molar-refractivity contribution in [2.24, 2.45) is 0 Å². The quantitative estimate of drug-likeness (QED) is 0.822. The number of anilines is 1. The van der Waals surface area contributed by atoms with Crippen LogP contribution in [0.5, 0.6) is 0 Å². The summed E-state index contributed by atoms with van der Waals surface area (Å²) in [5.41, 5.74) is 3.78. The molecule has 1 aromatic rings. The second kappa shape index (κ2) is 4.73. The number of carbonyl (C=O) groups is 1. The monoisotopic (exact) mass is 244 g/mol. The van der Waals surface area contributed by atoms with E-state index in [1.807, 2.05) is 4.90 Å². The third-order valence-electron chi connectivity index (χ3n) is 4.10. The highest BCUT2D eigenvalue weighted by Crippen LogP contribution is 2.32. The molecule has 2 heterocycles. The molecule has 3 nitrogen and oxygen atoms in total. The molecule has 1 saturated heterocycles. The number of benzene rings is 1. The number of carbonyl (C=O) groups excluding carboxylic acids is 1. The van der Waals surface area contributed by atoms with E-state index in [2.05, 4.69) is 23.5 Å². The molecule has 1 amide bonds. The fourth-order valence-electron chi connectivity index (χ4n) is 3.08. The zero-order chi connectivity index (χ0) is 12.5. The molecule has 1 aromatic carbocycles. The molecule has 0 radical (unpaired) electrons. The summed E-state index contributed by atoms with van der Waals surface area (Å²) in [6.45, 7) is 3.60. The minimum Gasteiger partial charge on any atom is -0.312 e. The predicted molar refractivity (Wildman–Crippen MR) is 72.8 cm³/mol. The maximum Gasteiger partial charge on any atom is 0.223 e. The summed E-state index contributed by atoms with van der Waals surface area (Å²) < 4.78 is 0. The lowest BCUT2D eigenvalue weighted by molar-refractivity contribution is -0.116. The molecule has 0 aromatic heterocycles. The number of nitrogens with zero attached hydrogens (tertiary/aromatic N) is 1. The van der Waals surface area contributed by atoms with Crippen LogP contribution in [0.2, 0.25) is 0 Å². The molecule has 1 N–H and O–H groups in total. The zero-order valence-corrected chi connectivity index (χ0v) is 10.9. The van der Waals surface area contributed by atoms with Crippen molar-refractivity contribution in [1.82, 2.24) is 5.32 Å². The molecule has 3 heteroatoms. The van der Waals surface area contributed by atoms with Crippen molar-refractivity contribution < 1.29 is 4.79 Å². The van der Waals surface area contributed by atoms with Crippen molar-refractivity contribution in [3.63, 3.8) is 0 Å². The van der Waals surface area contributed by atoms with Crippen LogP contribution in [0.15, 0.2) is 18.2 Å². The van der Waals surface area contributed by atoms with E-state index in [1.165, 1.54) is 30.4 Å². The van der Waals surface area contributed by atoms with E-state index in [-0.39, 0.29) is 5.91 Å². The van der Waals surface area contributed by atoms with Gasteiger partial charge in [-0.15, -0.1) is 0 Å². The summed E-state index contributed by atoms with van der Waals surface area (Å²) in [4.78, 5) is 13.5. The van der Waals surface area contributed by atoms with E-state index < -0.39 is 0 Å². The summed E-state index contributed by atoms with van der Waals surface area (Å²) in [6, 6.07) is 7.11. The van der Waals surface area contributed by atoms with Crippen LogP contribution in [0.25, 0.3) is 0 Å². The van der Waals surface area contributed by atoms with Gasteiger partial charge in [0.05, 0.1) is 0 Å². The van der Waals surface area contributed by atoms with Gasteiger partial charge in [-0.1, -0.05) is 18.6 Å². The summed E-state index contributed by atoms with van der Waals surface area (Å²) in [6.07, 6.45) is 4.78. The highest BCUT2D eigenvalue weighted by atomic mass is 16.2. The van der Waals surface area contributed by atoms with Gasteiger partial charge in [0, 0.05) is 25.2 Å². The third kappa shape index (κ3) is 2.03. The first-order chi connectivity index (χ1) is 8.75. The number of hydrogen-bond acceptors (Lipinski definition) is 2. The van der Waals surface area contributed by atoms with Gasteiger partial charge in [0.25, 0.3) is 0 Å². The summed E-state index contributed by atoms with van der Waals surface area (Å²) >= 11 is 0. The fourth-order valence-corrected chi connectivity index (χ4v) is 3.08. The first-order valence-corrected chi connectivity index (χ1v) is 6.90. The SMILES string of the molecule is CC(=O)N1CCc2ccc(C3CCCCN3)cc21. The van der Waals surface area contributed by atoms with Crippen LogP contribution < -0.4 is 10.2 Å². The maximum atomic E-state index is 11.6. The first-order valence-electron chi connectivity index (χ1n) is 6.90. The predicted octanol–water partition coefficient (Wildman–Crippen LogP) is 2.41. The van der Waals surface area contributed by atoms with Gasteiger partial charge in [-0.05, 0) is 43.0 Å². The van der Waals surface area contributed by atoms with Crippen molar-refractivity contribution in [2.45, 2.75) is 38.6 Å². The Balaban J connectivity index is 1.90. The van der Waals surface area contributed by atoms with Gasteiger partial charge in [-0.25, -0.2) is 0 Å². The smallest absolute Gasteiger partial charge is 0.223 e. The van der Waals surface area contributed by atoms with Crippen molar-refractivity contribution >= 4 is 11.6 Å². The van der Waals surface area contributed by atoms with Crippen LogP contribution in [0.1, 0.15) is 43.4 Å². The number of piperidine rings is 1. The molecule has 1 fully saturated rings. The van der Waals surface area contributed by atoms with Crippen LogP contribution in [-0.2, 0) is 11.2 Å². The first kappa shape index (κ1) is 11.7. The lowest BCUT2D eigenvalue weighted by Gasteiger charge is -2.25. The maximum absolute atomic E-state index is 11.6. The summed E-state index contributed by atoms with van der Waals surface area (Å²) in [5, 5.41) is 3.57. The van der Waals surface area contributed by atoms with Crippen LogP contribution in [0.4, 0.5) is 5.69 Å². The third-order valence-corrected chi connectivity index (χ3v) is 4.10. The van der Waals surface area contributed by atoms with Gasteiger partial charge in [0.1, 0.15) is 0 Å². The number of nitrogens with one attached hydrogen (secondary N) is 1. The topological polar surface area (TPSA) is 32.3 Å². The molecule has 1 atom stereocenters. The van der Waals surface area contributed by atoms with Crippen molar-refractivity contribution in [3.05, 3.63) is 29.3 Å². The van der Waals surface area contributed by atoms with Gasteiger partial charge in [0.2, 0.25) is 5.91 Å². The Hall–Kier alpha value is -1.35. The Morgan fingerprint density at radius 2 is 2.28 bits per heavy atom. The molecule has 18 heavy (non-hydrogen) atoms. The normalized spacial score (nSPS) is 22.9. The van der Waals surface area contributed by atoms with Crippen molar-refractivity contribution in [2.75, 3.05) is 18.0 Å².